The number of likely N-dealkylation sites (tertiary alicyclic amines) is 2. The van der Waals surface area contributed by atoms with Crippen LogP contribution < -0.4 is 0 Å². The number of aromatic amines is 2. The molecule has 0 aliphatic carbocycles. The van der Waals surface area contributed by atoms with E-state index in [4.69, 9.17) is 19.4 Å². The Morgan fingerprint density at radius 3 is 1.62 bits per heavy atom. The van der Waals surface area contributed by atoms with Crippen molar-refractivity contribution in [3.8, 4) is 28.3 Å². The fraction of sp³-hybridized carbons (Fsp3) is 0.444. The Balaban J connectivity index is 1.11. The number of fused-ring (bicyclic) bond motifs is 2. The number of benzene rings is 3. The Labute approximate surface area is 338 Å². The summed E-state index contributed by atoms with van der Waals surface area (Å²) in [6.45, 7) is 9.00. The third-order valence-electron chi connectivity index (χ3n) is 12.0. The van der Waals surface area contributed by atoms with Crippen molar-refractivity contribution in [1.29, 1.82) is 5.26 Å². The zero-order valence-electron chi connectivity index (χ0n) is 34.0. The molecule has 3 aromatic carbocycles. The third-order valence-corrected chi connectivity index (χ3v) is 12.0. The van der Waals surface area contributed by atoms with Gasteiger partial charge in [0.15, 0.2) is 0 Å². The number of ether oxygens (including phenoxy) is 2. The number of nitrogens with one attached hydrogen (secondary N) is 2. The lowest BCUT2D eigenvalue weighted by molar-refractivity contribution is -0.148. The fourth-order valence-electron chi connectivity index (χ4n) is 8.59. The van der Waals surface area contributed by atoms with Crippen LogP contribution in [0.15, 0.2) is 54.6 Å². The Hall–Kier alpha value is -6.03. The van der Waals surface area contributed by atoms with Gasteiger partial charge in [0.2, 0.25) is 11.8 Å². The summed E-state index contributed by atoms with van der Waals surface area (Å²) in [5.74, 6) is -0.462. The number of amides is 2. The lowest BCUT2D eigenvalue weighted by Crippen LogP contribution is -2.39. The molecule has 4 atom stereocenters. The van der Waals surface area contributed by atoms with E-state index in [1.54, 1.807) is 0 Å². The summed E-state index contributed by atoms with van der Waals surface area (Å²) in [5, 5.41) is 10.3. The van der Waals surface area contributed by atoms with Gasteiger partial charge < -0.3 is 29.2 Å². The van der Waals surface area contributed by atoms with E-state index in [0.29, 0.717) is 24.5 Å². The highest BCUT2D eigenvalue weighted by Gasteiger charge is 2.39. The van der Waals surface area contributed by atoms with E-state index in [1.165, 1.54) is 14.2 Å². The third kappa shape index (κ3) is 7.92. The molecular formula is C45H51N7O6. The number of carbonyl (C=O) groups excluding carboxylic acids is 4. The Bertz CT molecular complexity index is 2410. The average Bonchev–Trinajstić information content (AvgIpc) is 4.05. The Kier molecular flexibility index (Phi) is 11.7. The molecule has 2 amide bonds. The predicted molar refractivity (Wildman–Crippen MR) is 219 cm³/mol. The average molecular weight is 786 g/mol. The summed E-state index contributed by atoms with van der Waals surface area (Å²) in [6.07, 6.45) is 3.32. The molecule has 13 heteroatoms. The van der Waals surface area contributed by atoms with Crippen LogP contribution in [0, 0.1) is 35.0 Å². The second-order valence-corrected chi connectivity index (χ2v) is 16.2. The van der Waals surface area contributed by atoms with Crippen molar-refractivity contribution in [1.82, 2.24) is 29.7 Å². The normalized spacial score (nSPS) is 17.9. The van der Waals surface area contributed by atoms with Gasteiger partial charge in [-0.1, -0.05) is 52.0 Å². The van der Waals surface area contributed by atoms with Crippen molar-refractivity contribution in [3.63, 3.8) is 0 Å². The summed E-state index contributed by atoms with van der Waals surface area (Å²) in [6, 6.07) is 19.6. The summed E-state index contributed by atoms with van der Waals surface area (Å²) in [4.78, 5) is 72.1. The molecule has 5 aromatic rings. The summed E-state index contributed by atoms with van der Waals surface area (Å²) >= 11 is 0. The van der Waals surface area contributed by atoms with Crippen LogP contribution in [0.5, 0.6) is 0 Å². The number of imidazole rings is 2. The maximum absolute atomic E-state index is 13.7. The number of nitrogens with zero attached hydrogens (tertiary/aromatic N) is 5. The summed E-state index contributed by atoms with van der Waals surface area (Å²) < 4.78 is 9.76. The highest BCUT2D eigenvalue weighted by Crippen LogP contribution is 2.38. The molecule has 13 nitrogen and oxygen atoms in total. The first-order valence-electron chi connectivity index (χ1n) is 20.2. The number of nitriles is 1. The van der Waals surface area contributed by atoms with E-state index in [1.807, 2.05) is 92.1 Å². The number of carbonyl (C=O) groups is 4. The maximum atomic E-state index is 13.7. The molecule has 2 fully saturated rings. The fourth-order valence-corrected chi connectivity index (χ4v) is 8.59. The molecule has 2 N–H and O–H groups in total. The van der Waals surface area contributed by atoms with Crippen molar-refractivity contribution in [2.45, 2.75) is 78.3 Å². The molecule has 7 rings (SSSR count). The molecule has 0 radical (unpaired) electrons. The number of aromatic nitrogens is 4. The largest absolute Gasteiger partial charge is 0.469 e. The number of rotatable bonds is 12. The number of hydrogen-bond acceptors (Lipinski definition) is 9. The molecule has 0 saturated carbocycles. The Morgan fingerprint density at radius 1 is 0.707 bits per heavy atom. The standard InChI is InChI=1S/C45H51N7O6/c1-25(2)32(22-40(53)57-5)44(55)51-17-7-9-38(51)42-47-34-15-12-28(20-36(34)49-42)27-11-14-31(30(19-27)24-46)29-13-16-35-37(21-29)50-43(48-35)39-10-8-18-52(39)45(56)33(26(3)4)23-41(54)58-6/h11-16,19-21,25-26,32-33,38-39H,7-10,17-18,22-23H2,1-6H3,(H,47,49)(H,48,50)/t32-,33-,38-,39-/m0/s1. The lowest BCUT2D eigenvalue weighted by atomic mass is 9.91. The molecule has 0 spiro atoms. The molecule has 302 valence electrons. The van der Waals surface area contributed by atoms with Gasteiger partial charge >= 0.3 is 11.9 Å². The van der Waals surface area contributed by atoms with Crippen molar-refractivity contribution < 1.29 is 28.7 Å². The number of H-pyrrole nitrogens is 2. The van der Waals surface area contributed by atoms with Gasteiger partial charge in [0.25, 0.3) is 0 Å². The SMILES string of the molecule is COC(=O)C[C@H](C(=O)N1CCC[C@H]1c1nc2ccc(-c3ccc(-c4ccc5nc([C@@H]6CCCN6C(=O)[C@@H](CC(=O)OC)C(C)C)[nH]c5c4)c(C#N)c3)cc2[nH]1)C(C)C. The van der Waals surface area contributed by atoms with E-state index in [9.17, 15) is 24.4 Å². The first kappa shape index (κ1) is 40.2. The number of methoxy groups -OCH3 is 2. The van der Waals surface area contributed by atoms with Crippen LogP contribution in [0.2, 0.25) is 0 Å². The van der Waals surface area contributed by atoms with E-state index < -0.39 is 23.8 Å². The van der Waals surface area contributed by atoms with Crippen LogP contribution in [0.4, 0.5) is 0 Å². The molecule has 2 aliphatic rings. The molecule has 2 saturated heterocycles. The molecule has 0 bridgehead atoms. The zero-order chi connectivity index (χ0) is 41.2. The zero-order valence-corrected chi connectivity index (χ0v) is 34.0. The molecule has 2 aliphatic heterocycles. The van der Waals surface area contributed by atoms with Crippen molar-refractivity contribution in [3.05, 3.63) is 71.8 Å². The highest BCUT2D eigenvalue weighted by molar-refractivity contribution is 5.88. The van der Waals surface area contributed by atoms with E-state index in [0.717, 1.165) is 75.8 Å². The van der Waals surface area contributed by atoms with Crippen molar-refractivity contribution >= 4 is 45.8 Å². The van der Waals surface area contributed by atoms with Crippen LogP contribution in [0.1, 0.15) is 95.5 Å². The van der Waals surface area contributed by atoms with Crippen LogP contribution in [0.3, 0.4) is 0 Å². The van der Waals surface area contributed by atoms with Gasteiger partial charge in [0.05, 0.1) is 84.7 Å². The van der Waals surface area contributed by atoms with Gasteiger partial charge in [-0.3, -0.25) is 19.2 Å². The number of hydrogen-bond donors (Lipinski definition) is 2. The quantitative estimate of drug-likeness (QED) is 0.121. The minimum atomic E-state index is -0.473. The topological polar surface area (TPSA) is 174 Å². The molecule has 58 heavy (non-hydrogen) atoms. The monoisotopic (exact) mass is 785 g/mol. The van der Waals surface area contributed by atoms with E-state index >= 15 is 0 Å². The number of esters is 2. The van der Waals surface area contributed by atoms with Gasteiger partial charge in [0, 0.05) is 13.1 Å². The second-order valence-electron chi connectivity index (χ2n) is 16.2. The van der Waals surface area contributed by atoms with Crippen molar-refractivity contribution in [2.24, 2.45) is 23.7 Å². The van der Waals surface area contributed by atoms with Gasteiger partial charge in [-0.2, -0.15) is 5.26 Å². The van der Waals surface area contributed by atoms with E-state index in [-0.39, 0.29) is 48.6 Å². The first-order valence-corrected chi connectivity index (χ1v) is 20.2. The molecule has 2 aromatic heterocycles. The summed E-state index contributed by atoms with van der Waals surface area (Å²) in [5.41, 5.74) is 7.14. The molecule has 4 heterocycles. The van der Waals surface area contributed by atoms with Gasteiger partial charge in [-0.15, -0.1) is 0 Å². The van der Waals surface area contributed by atoms with Crippen LogP contribution >= 0.6 is 0 Å². The van der Waals surface area contributed by atoms with Gasteiger partial charge in [-0.25, -0.2) is 9.97 Å². The smallest absolute Gasteiger partial charge is 0.306 e. The van der Waals surface area contributed by atoms with Crippen LogP contribution in [0.25, 0.3) is 44.3 Å². The lowest BCUT2D eigenvalue weighted by Gasteiger charge is -2.29. The minimum absolute atomic E-state index is 0.0200. The van der Waals surface area contributed by atoms with Crippen molar-refractivity contribution in [2.75, 3.05) is 27.3 Å². The van der Waals surface area contributed by atoms with Crippen LogP contribution in [-0.4, -0.2) is 80.8 Å². The molecular weight excluding hydrogens is 735 g/mol. The predicted octanol–water partition coefficient (Wildman–Crippen LogP) is 7.64. The Morgan fingerprint density at radius 2 is 1.16 bits per heavy atom. The maximum Gasteiger partial charge on any atom is 0.306 e. The second kappa shape index (κ2) is 16.8. The highest BCUT2D eigenvalue weighted by atomic mass is 16.5. The van der Waals surface area contributed by atoms with Gasteiger partial charge in [0.1, 0.15) is 11.6 Å². The first-order chi connectivity index (χ1) is 27.9. The van der Waals surface area contributed by atoms with E-state index in [2.05, 4.69) is 16.0 Å². The minimum Gasteiger partial charge on any atom is -0.469 e. The summed E-state index contributed by atoms with van der Waals surface area (Å²) in [7, 11) is 2.68. The van der Waals surface area contributed by atoms with Gasteiger partial charge in [-0.05, 0) is 90.1 Å². The molecule has 0 unspecified atom stereocenters. The van der Waals surface area contributed by atoms with Crippen LogP contribution in [-0.2, 0) is 28.7 Å².